The second-order valence-corrected chi connectivity index (χ2v) is 8.09. The molecule has 0 heterocycles. The number of benzene rings is 3. The van der Waals surface area contributed by atoms with Crippen molar-refractivity contribution in [3.05, 3.63) is 119 Å². The van der Waals surface area contributed by atoms with Gasteiger partial charge in [-0.2, -0.15) is 0 Å². The summed E-state index contributed by atoms with van der Waals surface area (Å²) in [5, 5.41) is 21.8. The van der Waals surface area contributed by atoms with Gasteiger partial charge in [-0.15, -0.1) is 0 Å². The SMILES string of the molecule is O=C(OCC1=C[C@H](OC(=O)c2ccccc2)[C@@H](O)[C@H](OC(=O)c2ccccc2)[C@H]1O)c1ccccc1. The predicted molar refractivity (Wildman–Crippen MR) is 128 cm³/mol. The van der Waals surface area contributed by atoms with Crippen LogP contribution in [0, 0.1) is 0 Å². The summed E-state index contributed by atoms with van der Waals surface area (Å²) in [6.45, 7) is -0.375. The highest BCUT2D eigenvalue weighted by atomic mass is 16.6. The molecule has 4 atom stereocenters. The van der Waals surface area contributed by atoms with Gasteiger partial charge in [0.2, 0.25) is 0 Å². The largest absolute Gasteiger partial charge is 0.457 e. The van der Waals surface area contributed by atoms with Gasteiger partial charge < -0.3 is 24.4 Å². The van der Waals surface area contributed by atoms with E-state index in [1.807, 2.05) is 0 Å². The summed E-state index contributed by atoms with van der Waals surface area (Å²) in [7, 11) is 0. The van der Waals surface area contributed by atoms with E-state index < -0.39 is 42.3 Å². The second kappa shape index (κ2) is 11.4. The van der Waals surface area contributed by atoms with E-state index in [0.29, 0.717) is 5.56 Å². The lowest BCUT2D eigenvalue weighted by atomic mass is 9.89. The average Bonchev–Trinajstić information content (AvgIpc) is 2.93. The number of aliphatic hydroxyl groups is 2. The van der Waals surface area contributed by atoms with Crippen LogP contribution in [0.15, 0.2) is 103 Å². The summed E-state index contributed by atoms with van der Waals surface area (Å²) in [5.41, 5.74) is 0.879. The zero-order valence-electron chi connectivity index (χ0n) is 19.1. The molecule has 3 aromatic carbocycles. The molecule has 2 N–H and O–H groups in total. The van der Waals surface area contributed by atoms with Gasteiger partial charge in [0.25, 0.3) is 0 Å². The molecule has 0 saturated heterocycles. The maximum atomic E-state index is 12.7. The first-order chi connectivity index (χ1) is 17.4. The number of hydrogen-bond acceptors (Lipinski definition) is 8. The number of rotatable bonds is 7. The van der Waals surface area contributed by atoms with Crippen molar-refractivity contribution in [3.63, 3.8) is 0 Å². The van der Waals surface area contributed by atoms with Crippen LogP contribution in [0.4, 0.5) is 0 Å². The molecule has 0 amide bonds. The van der Waals surface area contributed by atoms with Crippen LogP contribution in [0.2, 0.25) is 0 Å². The van der Waals surface area contributed by atoms with Crippen molar-refractivity contribution in [3.8, 4) is 0 Å². The lowest BCUT2D eigenvalue weighted by molar-refractivity contribution is -0.107. The Kier molecular flexibility index (Phi) is 7.89. The molecular formula is C28H24O8. The van der Waals surface area contributed by atoms with Crippen molar-refractivity contribution in [2.24, 2.45) is 0 Å². The number of esters is 3. The van der Waals surface area contributed by atoms with E-state index in [-0.39, 0.29) is 23.3 Å². The van der Waals surface area contributed by atoms with Gasteiger partial charge >= 0.3 is 17.9 Å². The molecule has 1 aliphatic rings. The summed E-state index contributed by atoms with van der Waals surface area (Å²) in [6, 6.07) is 24.5. The quantitative estimate of drug-likeness (QED) is 0.296. The van der Waals surface area contributed by atoms with Crippen molar-refractivity contribution in [2.75, 3.05) is 6.61 Å². The van der Waals surface area contributed by atoms with Gasteiger partial charge in [-0.1, -0.05) is 54.6 Å². The molecule has 0 saturated carbocycles. The Hall–Kier alpha value is -4.27. The Morgan fingerprint density at radius 1 is 0.639 bits per heavy atom. The maximum absolute atomic E-state index is 12.7. The molecule has 8 nitrogen and oxygen atoms in total. The molecule has 36 heavy (non-hydrogen) atoms. The summed E-state index contributed by atoms with van der Waals surface area (Å²) in [6.07, 6.45) is -4.54. The van der Waals surface area contributed by atoms with Crippen molar-refractivity contribution >= 4 is 17.9 Å². The highest BCUT2D eigenvalue weighted by Gasteiger charge is 2.43. The smallest absolute Gasteiger partial charge is 0.338 e. The van der Waals surface area contributed by atoms with Crippen molar-refractivity contribution in [2.45, 2.75) is 24.4 Å². The van der Waals surface area contributed by atoms with Gasteiger partial charge in [-0.3, -0.25) is 0 Å². The molecule has 4 rings (SSSR count). The number of carbonyl (C=O) groups is 3. The van der Waals surface area contributed by atoms with Gasteiger partial charge in [0.1, 0.15) is 18.8 Å². The molecule has 3 aromatic rings. The molecule has 0 bridgehead atoms. The molecule has 1 aliphatic carbocycles. The van der Waals surface area contributed by atoms with Crippen LogP contribution in [0.25, 0.3) is 0 Å². The lowest BCUT2D eigenvalue weighted by Gasteiger charge is -2.36. The van der Waals surface area contributed by atoms with Gasteiger partial charge in [0.05, 0.1) is 16.7 Å². The van der Waals surface area contributed by atoms with Gasteiger partial charge in [0.15, 0.2) is 12.2 Å². The Labute approximate surface area is 207 Å². The third-order valence-corrected chi connectivity index (χ3v) is 5.63. The topological polar surface area (TPSA) is 119 Å². The molecule has 0 aliphatic heterocycles. The van der Waals surface area contributed by atoms with Crippen molar-refractivity contribution in [1.82, 2.24) is 0 Å². The van der Waals surface area contributed by atoms with Crippen LogP contribution in [0.5, 0.6) is 0 Å². The Balaban J connectivity index is 1.55. The summed E-state index contributed by atoms with van der Waals surface area (Å²) < 4.78 is 16.2. The maximum Gasteiger partial charge on any atom is 0.338 e. The van der Waals surface area contributed by atoms with Crippen LogP contribution >= 0.6 is 0 Å². The van der Waals surface area contributed by atoms with E-state index >= 15 is 0 Å². The first-order valence-corrected chi connectivity index (χ1v) is 11.2. The molecule has 0 fully saturated rings. The third kappa shape index (κ3) is 5.86. The minimum atomic E-state index is -1.58. The van der Waals surface area contributed by atoms with E-state index in [9.17, 15) is 24.6 Å². The van der Waals surface area contributed by atoms with Crippen molar-refractivity contribution in [1.29, 1.82) is 0 Å². The first kappa shape index (κ1) is 24.8. The fourth-order valence-corrected chi connectivity index (χ4v) is 3.70. The fraction of sp³-hybridized carbons (Fsp3) is 0.179. The second-order valence-electron chi connectivity index (χ2n) is 8.09. The van der Waals surface area contributed by atoms with E-state index in [2.05, 4.69) is 0 Å². The van der Waals surface area contributed by atoms with Crippen LogP contribution in [0.3, 0.4) is 0 Å². The Morgan fingerprint density at radius 2 is 1.08 bits per heavy atom. The highest BCUT2D eigenvalue weighted by molar-refractivity contribution is 5.90. The van der Waals surface area contributed by atoms with Crippen LogP contribution in [-0.4, -0.2) is 59.1 Å². The average molecular weight is 488 g/mol. The van der Waals surface area contributed by atoms with Gasteiger partial charge in [-0.25, -0.2) is 14.4 Å². The first-order valence-electron chi connectivity index (χ1n) is 11.2. The highest BCUT2D eigenvalue weighted by Crippen LogP contribution is 2.27. The minimum absolute atomic E-state index is 0.112. The third-order valence-electron chi connectivity index (χ3n) is 5.63. The Morgan fingerprint density at radius 3 is 1.58 bits per heavy atom. The lowest BCUT2D eigenvalue weighted by Crippen LogP contribution is -2.52. The predicted octanol–water partition coefficient (Wildman–Crippen LogP) is 2.96. The number of hydrogen-bond donors (Lipinski definition) is 2. The molecule has 8 heteroatoms. The minimum Gasteiger partial charge on any atom is -0.457 e. The molecule has 184 valence electrons. The summed E-state index contributed by atoms with van der Waals surface area (Å²) >= 11 is 0. The molecule has 0 unspecified atom stereocenters. The number of carbonyl (C=O) groups excluding carboxylic acids is 3. The van der Waals surface area contributed by atoms with Gasteiger partial charge in [-0.05, 0) is 48.0 Å². The monoisotopic (exact) mass is 488 g/mol. The van der Waals surface area contributed by atoms with Crippen molar-refractivity contribution < 1.29 is 38.8 Å². The normalized spacial score (nSPS) is 21.1. The molecule has 0 spiro atoms. The van der Waals surface area contributed by atoms with E-state index in [1.54, 1.807) is 78.9 Å². The molecular weight excluding hydrogens is 464 g/mol. The van der Waals surface area contributed by atoms with Gasteiger partial charge in [0, 0.05) is 0 Å². The fourth-order valence-electron chi connectivity index (χ4n) is 3.70. The summed E-state index contributed by atoms with van der Waals surface area (Å²) in [5.74, 6) is -2.14. The molecule has 0 radical (unpaired) electrons. The summed E-state index contributed by atoms with van der Waals surface area (Å²) in [4.78, 5) is 37.7. The van der Waals surface area contributed by atoms with Crippen LogP contribution in [0.1, 0.15) is 31.1 Å². The standard InChI is InChI=1S/C28H24O8/c29-23-21(17-34-26(31)18-10-4-1-5-11-18)16-22(35-27(32)19-12-6-2-7-13-19)24(30)25(23)36-28(33)20-14-8-3-9-15-20/h1-16,22-25,29-30H,17H2/t22-,23-,24+,25+/m0/s1. The number of aliphatic hydroxyl groups excluding tert-OH is 2. The Bertz CT molecular complexity index is 1220. The zero-order valence-corrected chi connectivity index (χ0v) is 19.1. The number of ether oxygens (including phenoxy) is 3. The van der Waals surface area contributed by atoms with E-state index in [4.69, 9.17) is 14.2 Å². The van der Waals surface area contributed by atoms with Crippen LogP contribution < -0.4 is 0 Å². The molecule has 0 aromatic heterocycles. The van der Waals surface area contributed by atoms with E-state index in [1.165, 1.54) is 18.2 Å². The zero-order chi connectivity index (χ0) is 25.5. The van der Waals surface area contributed by atoms with Crippen LogP contribution in [-0.2, 0) is 14.2 Å². The van der Waals surface area contributed by atoms with E-state index in [0.717, 1.165) is 0 Å².